The summed E-state index contributed by atoms with van der Waals surface area (Å²) in [6.45, 7) is 3.10. The van der Waals surface area contributed by atoms with Gasteiger partial charge in [-0.25, -0.2) is 4.39 Å². The maximum absolute atomic E-state index is 13.1. The molecule has 0 aliphatic heterocycles. The van der Waals surface area contributed by atoms with Gasteiger partial charge in [-0.1, -0.05) is 17.7 Å². The third kappa shape index (κ3) is 2.48. The van der Waals surface area contributed by atoms with Crippen molar-refractivity contribution in [3.8, 4) is 11.1 Å². The van der Waals surface area contributed by atoms with Gasteiger partial charge in [0.05, 0.1) is 17.3 Å². The zero-order valence-corrected chi connectivity index (χ0v) is 10.2. The molecule has 2 N–H and O–H groups in total. The summed E-state index contributed by atoms with van der Waals surface area (Å²) in [6.07, 6.45) is 1.89. The summed E-state index contributed by atoms with van der Waals surface area (Å²) in [5.41, 5.74) is 8.15. The van der Waals surface area contributed by atoms with Gasteiger partial charge in [-0.05, 0) is 24.6 Å². The van der Waals surface area contributed by atoms with E-state index in [-0.39, 0.29) is 5.02 Å². The van der Waals surface area contributed by atoms with Crippen LogP contribution in [0.3, 0.4) is 0 Å². The Labute approximate surface area is 104 Å². The van der Waals surface area contributed by atoms with Crippen LogP contribution in [0.15, 0.2) is 24.4 Å². The van der Waals surface area contributed by atoms with Gasteiger partial charge in [0.1, 0.15) is 5.82 Å². The first-order chi connectivity index (χ1) is 8.11. The minimum atomic E-state index is -0.414. The smallest absolute Gasteiger partial charge is 0.141 e. The lowest BCUT2D eigenvalue weighted by atomic mass is 10.1. The maximum Gasteiger partial charge on any atom is 0.141 e. The van der Waals surface area contributed by atoms with E-state index in [0.717, 1.165) is 16.8 Å². The molecule has 0 saturated carbocycles. The Kier molecular flexibility index (Phi) is 3.45. The van der Waals surface area contributed by atoms with Crippen LogP contribution in [0.5, 0.6) is 0 Å². The van der Waals surface area contributed by atoms with Crippen molar-refractivity contribution in [3.63, 3.8) is 0 Å². The van der Waals surface area contributed by atoms with E-state index >= 15 is 0 Å². The third-order valence-corrected chi connectivity index (χ3v) is 2.82. The van der Waals surface area contributed by atoms with Crippen molar-refractivity contribution in [1.82, 2.24) is 9.78 Å². The van der Waals surface area contributed by atoms with Crippen LogP contribution in [-0.2, 0) is 6.54 Å². The highest BCUT2D eigenvalue weighted by Crippen LogP contribution is 2.26. The molecule has 0 bridgehead atoms. The van der Waals surface area contributed by atoms with E-state index in [1.165, 1.54) is 6.07 Å². The summed E-state index contributed by atoms with van der Waals surface area (Å²) in [4.78, 5) is 0. The Morgan fingerprint density at radius 1 is 1.47 bits per heavy atom. The molecule has 5 heteroatoms. The molecule has 3 nitrogen and oxygen atoms in total. The first-order valence-corrected chi connectivity index (χ1v) is 5.69. The van der Waals surface area contributed by atoms with Gasteiger partial charge < -0.3 is 5.73 Å². The monoisotopic (exact) mass is 253 g/mol. The Balaban J connectivity index is 2.41. The van der Waals surface area contributed by atoms with Crippen molar-refractivity contribution in [3.05, 3.63) is 40.9 Å². The molecule has 0 radical (unpaired) electrons. The molecule has 1 heterocycles. The Hall–Kier alpha value is -1.39. The van der Waals surface area contributed by atoms with E-state index in [1.54, 1.807) is 16.8 Å². The van der Waals surface area contributed by atoms with Crippen LogP contribution in [0.2, 0.25) is 5.02 Å². The molecule has 0 spiro atoms. The number of hydrogen-bond donors (Lipinski definition) is 1. The fourth-order valence-corrected chi connectivity index (χ4v) is 1.89. The zero-order valence-electron chi connectivity index (χ0n) is 9.45. The van der Waals surface area contributed by atoms with Gasteiger partial charge in [0.15, 0.2) is 0 Å². The lowest BCUT2D eigenvalue weighted by Gasteiger charge is -2.00. The first-order valence-electron chi connectivity index (χ1n) is 5.31. The summed E-state index contributed by atoms with van der Waals surface area (Å²) in [5, 5.41) is 4.45. The molecule has 0 fully saturated rings. The summed E-state index contributed by atoms with van der Waals surface area (Å²) in [7, 11) is 0. The lowest BCUT2D eigenvalue weighted by Crippen LogP contribution is -2.10. The number of nitrogens with two attached hydrogens (primary N) is 1. The molecule has 0 saturated heterocycles. The second-order valence-electron chi connectivity index (χ2n) is 3.81. The van der Waals surface area contributed by atoms with E-state index in [1.807, 2.05) is 13.1 Å². The van der Waals surface area contributed by atoms with E-state index in [0.29, 0.717) is 13.1 Å². The SMILES string of the molecule is Cc1nn(CCN)cc1-c1ccc(F)c(Cl)c1. The van der Waals surface area contributed by atoms with Crippen molar-refractivity contribution < 1.29 is 4.39 Å². The van der Waals surface area contributed by atoms with Crippen LogP contribution in [0.25, 0.3) is 11.1 Å². The first kappa shape index (κ1) is 12.1. The fraction of sp³-hybridized carbons (Fsp3) is 0.250. The molecule has 0 aliphatic carbocycles. The Morgan fingerprint density at radius 3 is 2.88 bits per heavy atom. The van der Waals surface area contributed by atoms with Gasteiger partial charge >= 0.3 is 0 Å². The molecule has 0 aliphatic rings. The number of hydrogen-bond acceptors (Lipinski definition) is 2. The number of aromatic nitrogens is 2. The van der Waals surface area contributed by atoms with Crippen LogP contribution in [-0.4, -0.2) is 16.3 Å². The number of rotatable bonds is 3. The molecule has 2 rings (SSSR count). The van der Waals surface area contributed by atoms with E-state index in [9.17, 15) is 4.39 Å². The van der Waals surface area contributed by atoms with Crippen molar-refractivity contribution in [2.45, 2.75) is 13.5 Å². The van der Waals surface area contributed by atoms with E-state index in [4.69, 9.17) is 17.3 Å². The molecule has 1 aromatic heterocycles. The normalized spacial score (nSPS) is 10.8. The number of nitrogens with zero attached hydrogens (tertiary/aromatic N) is 2. The van der Waals surface area contributed by atoms with Gasteiger partial charge in [-0.15, -0.1) is 0 Å². The summed E-state index contributed by atoms with van der Waals surface area (Å²) >= 11 is 5.76. The lowest BCUT2D eigenvalue weighted by molar-refractivity contribution is 0.620. The highest BCUT2D eigenvalue weighted by Gasteiger charge is 2.09. The Morgan fingerprint density at radius 2 is 2.24 bits per heavy atom. The summed E-state index contributed by atoms with van der Waals surface area (Å²) in [6, 6.07) is 4.66. The maximum atomic E-state index is 13.1. The average Bonchev–Trinajstić information content (AvgIpc) is 2.64. The Bertz CT molecular complexity index is 537. The molecule has 2 aromatic rings. The second-order valence-corrected chi connectivity index (χ2v) is 4.22. The minimum Gasteiger partial charge on any atom is -0.329 e. The van der Waals surface area contributed by atoms with Crippen molar-refractivity contribution in [1.29, 1.82) is 0 Å². The van der Waals surface area contributed by atoms with Gasteiger partial charge in [0.25, 0.3) is 0 Å². The third-order valence-electron chi connectivity index (χ3n) is 2.54. The topological polar surface area (TPSA) is 43.8 Å². The highest BCUT2D eigenvalue weighted by atomic mass is 35.5. The summed E-state index contributed by atoms with van der Waals surface area (Å²) in [5.74, 6) is -0.414. The van der Waals surface area contributed by atoms with Gasteiger partial charge in [-0.2, -0.15) is 5.10 Å². The quantitative estimate of drug-likeness (QED) is 0.914. The predicted octanol–water partition coefficient (Wildman–Crippen LogP) is 2.61. The molecule has 0 atom stereocenters. The number of halogens is 2. The highest BCUT2D eigenvalue weighted by molar-refractivity contribution is 6.31. The average molecular weight is 254 g/mol. The van der Waals surface area contributed by atoms with E-state index < -0.39 is 5.82 Å². The van der Waals surface area contributed by atoms with Crippen LogP contribution in [0, 0.1) is 12.7 Å². The van der Waals surface area contributed by atoms with Crippen molar-refractivity contribution in [2.75, 3.05) is 6.54 Å². The summed E-state index contributed by atoms with van der Waals surface area (Å²) < 4.78 is 14.9. The van der Waals surface area contributed by atoms with Crippen LogP contribution < -0.4 is 5.73 Å². The minimum absolute atomic E-state index is 0.119. The molecule has 17 heavy (non-hydrogen) atoms. The molecular formula is C12H13ClFN3. The van der Waals surface area contributed by atoms with Gasteiger partial charge in [-0.3, -0.25) is 4.68 Å². The standard InChI is InChI=1S/C12H13ClFN3/c1-8-10(7-17(16-8)5-4-15)9-2-3-12(14)11(13)6-9/h2-3,6-7H,4-5,15H2,1H3. The molecule has 1 aromatic carbocycles. The van der Waals surface area contributed by atoms with Crippen LogP contribution in [0.4, 0.5) is 4.39 Å². The number of aryl methyl sites for hydroxylation is 1. The van der Waals surface area contributed by atoms with Crippen LogP contribution >= 0.6 is 11.6 Å². The van der Waals surface area contributed by atoms with Crippen molar-refractivity contribution >= 4 is 11.6 Å². The van der Waals surface area contributed by atoms with E-state index in [2.05, 4.69) is 5.10 Å². The predicted molar refractivity (Wildman–Crippen MR) is 66.4 cm³/mol. The molecular weight excluding hydrogens is 241 g/mol. The van der Waals surface area contributed by atoms with Gasteiger partial charge in [0.2, 0.25) is 0 Å². The van der Waals surface area contributed by atoms with Gasteiger partial charge in [0, 0.05) is 18.3 Å². The molecule has 0 amide bonds. The second kappa shape index (κ2) is 4.85. The molecule has 0 unspecified atom stereocenters. The van der Waals surface area contributed by atoms with Crippen LogP contribution in [0.1, 0.15) is 5.69 Å². The molecule has 90 valence electrons. The largest absolute Gasteiger partial charge is 0.329 e. The number of benzene rings is 1. The fourth-order valence-electron chi connectivity index (χ4n) is 1.71. The zero-order chi connectivity index (χ0) is 12.4. The van der Waals surface area contributed by atoms with Crippen molar-refractivity contribution in [2.24, 2.45) is 5.73 Å².